The van der Waals surface area contributed by atoms with Crippen molar-refractivity contribution < 1.29 is 18.8 Å². The fourth-order valence-electron chi connectivity index (χ4n) is 5.39. The first-order chi connectivity index (χ1) is 19.9. The van der Waals surface area contributed by atoms with Crippen LogP contribution in [0.4, 0.5) is 0 Å². The third-order valence-electron chi connectivity index (χ3n) is 7.95. The molecular weight excluding hydrogens is 506 g/mol. The Balaban J connectivity index is 3.73. The zero-order valence-electron chi connectivity index (χ0n) is 28.7. The van der Waals surface area contributed by atoms with Crippen molar-refractivity contribution in [2.75, 3.05) is 40.9 Å². The average molecular weight is 581 g/mol. The summed E-state index contributed by atoms with van der Waals surface area (Å²) in [5.41, 5.74) is 0. The minimum Gasteiger partial charge on any atom is -0.466 e. The Labute approximate surface area is 258 Å². The van der Waals surface area contributed by atoms with E-state index in [0.717, 1.165) is 43.3 Å². The van der Waals surface area contributed by atoms with Gasteiger partial charge in [-0.15, -0.1) is 0 Å². The molecule has 4 nitrogen and oxygen atoms in total. The molecule has 0 saturated heterocycles. The minimum absolute atomic E-state index is 0.0384. The summed E-state index contributed by atoms with van der Waals surface area (Å²) in [5.74, 6) is -0.0384. The number of unbranched alkanes of at least 4 members (excludes halogenated alkanes) is 20. The van der Waals surface area contributed by atoms with Crippen LogP contribution in [-0.2, 0) is 14.3 Å². The van der Waals surface area contributed by atoms with Crippen LogP contribution in [0.25, 0.3) is 0 Å². The smallest absolute Gasteiger partial charge is 0.305 e. The highest BCUT2D eigenvalue weighted by molar-refractivity contribution is 5.69. The van der Waals surface area contributed by atoms with Crippen molar-refractivity contribution in [2.24, 2.45) is 0 Å². The minimum atomic E-state index is -0.0384. The molecule has 0 bridgehead atoms. The van der Waals surface area contributed by atoms with Crippen LogP contribution in [0.3, 0.4) is 0 Å². The summed E-state index contributed by atoms with van der Waals surface area (Å²) in [6, 6.07) is 0. The quantitative estimate of drug-likeness (QED) is 0.0343. The molecule has 0 saturated carbocycles. The molecule has 244 valence electrons. The number of hydrogen-bond acceptors (Lipinski definition) is 3. The van der Waals surface area contributed by atoms with Gasteiger partial charge in [0.15, 0.2) is 0 Å². The van der Waals surface area contributed by atoms with Crippen LogP contribution >= 0.6 is 0 Å². The second kappa shape index (κ2) is 30.6. The maximum Gasteiger partial charge on any atom is 0.305 e. The van der Waals surface area contributed by atoms with Crippen molar-refractivity contribution in [3.63, 3.8) is 0 Å². The fourth-order valence-corrected chi connectivity index (χ4v) is 5.39. The number of esters is 1. The summed E-state index contributed by atoms with van der Waals surface area (Å²) in [6.07, 6.45) is 36.2. The molecule has 41 heavy (non-hydrogen) atoms. The van der Waals surface area contributed by atoms with Crippen LogP contribution in [-0.4, -0.2) is 57.5 Å². The van der Waals surface area contributed by atoms with E-state index in [1.165, 1.54) is 128 Å². The van der Waals surface area contributed by atoms with E-state index in [-0.39, 0.29) is 12.1 Å². The van der Waals surface area contributed by atoms with Crippen LogP contribution in [0.2, 0.25) is 0 Å². The highest BCUT2D eigenvalue weighted by Crippen LogP contribution is 2.13. The molecule has 0 aromatic heterocycles. The SMILES string of the molecule is CCCCCCC/C=C\CCCCCCCCC(=O)OCCC(C[N+](C)(C)C)OCCCCCCCCCCCC. The van der Waals surface area contributed by atoms with E-state index in [1.54, 1.807) is 0 Å². The molecule has 0 aromatic carbocycles. The Kier molecular flexibility index (Phi) is 29.9. The molecule has 0 fully saturated rings. The third kappa shape index (κ3) is 33.5. The molecule has 0 spiro atoms. The van der Waals surface area contributed by atoms with E-state index >= 15 is 0 Å². The van der Waals surface area contributed by atoms with Crippen molar-refractivity contribution in [1.29, 1.82) is 0 Å². The first-order valence-corrected chi connectivity index (χ1v) is 18.1. The van der Waals surface area contributed by atoms with Crippen LogP contribution in [0.1, 0.15) is 174 Å². The monoisotopic (exact) mass is 581 g/mol. The normalized spacial score (nSPS) is 12.8. The molecule has 4 heteroatoms. The summed E-state index contributed by atoms with van der Waals surface area (Å²) in [6.45, 7) is 6.80. The summed E-state index contributed by atoms with van der Waals surface area (Å²) >= 11 is 0. The predicted octanol–water partition coefficient (Wildman–Crippen LogP) is 11.0. The summed E-state index contributed by atoms with van der Waals surface area (Å²) in [5, 5.41) is 0. The Bertz CT molecular complexity index is 569. The van der Waals surface area contributed by atoms with Crippen molar-refractivity contribution in [3.8, 4) is 0 Å². The molecule has 0 aliphatic carbocycles. The van der Waals surface area contributed by atoms with Gasteiger partial charge in [0.25, 0.3) is 0 Å². The number of carbonyl (C=O) groups excluding carboxylic acids is 1. The lowest BCUT2D eigenvalue weighted by atomic mass is 10.1. The van der Waals surface area contributed by atoms with E-state index in [0.29, 0.717) is 13.0 Å². The largest absolute Gasteiger partial charge is 0.466 e. The van der Waals surface area contributed by atoms with E-state index in [4.69, 9.17) is 9.47 Å². The second-order valence-corrected chi connectivity index (χ2v) is 13.5. The van der Waals surface area contributed by atoms with Gasteiger partial charge < -0.3 is 14.0 Å². The van der Waals surface area contributed by atoms with Crippen LogP contribution in [0.5, 0.6) is 0 Å². The van der Waals surface area contributed by atoms with Gasteiger partial charge in [0.2, 0.25) is 0 Å². The van der Waals surface area contributed by atoms with E-state index in [2.05, 4.69) is 47.1 Å². The van der Waals surface area contributed by atoms with Crippen molar-refractivity contribution in [2.45, 2.75) is 180 Å². The summed E-state index contributed by atoms with van der Waals surface area (Å²) in [7, 11) is 6.61. The van der Waals surface area contributed by atoms with Gasteiger partial charge in [0, 0.05) is 19.4 Å². The molecule has 0 aromatic rings. The number of rotatable bonds is 32. The van der Waals surface area contributed by atoms with Gasteiger partial charge in [-0.3, -0.25) is 4.79 Å². The predicted molar refractivity (Wildman–Crippen MR) is 180 cm³/mol. The highest BCUT2D eigenvalue weighted by atomic mass is 16.5. The van der Waals surface area contributed by atoms with Gasteiger partial charge in [-0.25, -0.2) is 0 Å². The molecule has 0 aliphatic rings. The van der Waals surface area contributed by atoms with Crippen LogP contribution in [0.15, 0.2) is 12.2 Å². The van der Waals surface area contributed by atoms with Gasteiger partial charge in [-0.1, -0.05) is 135 Å². The zero-order valence-corrected chi connectivity index (χ0v) is 28.7. The second-order valence-electron chi connectivity index (χ2n) is 13.5. The first kappa shape index (κ1) is 40.1. The molecule has 0 radical (unpaired) electrons. The van der Waals surface area contributed by atoms with Gasteiger partial charge in [-0.05, 0) is 38.5 Å². The van der Waals surface area contributed by atoms with E-state index in [9.17, 15) is 4.79 Å². The summed E-state index contributed by atoms with van der Waals surface area (Å²) in [4.78, 5) is 12.2. The van der Waals surface area contributed by atoms with Gasteiger partial charge in [-0.2, -0.15) is 0 Å². The maximum absolute atomic E-state index is 12.2. The number of ether oxygens (including phenoxy) is 2. The van der Waals surface area contributed by atoms with Gasteiger partial charge in [0.1, 0.15) is 12.6 Å². The number of allylic oxidation sites excluding steroid dienone is 2. The molecule has 0 amide bonds. The van der Waals surface area contributed by atoms with E-state index < -0.39 is 0 Å². The number of nitrogens with zero attached hydrogens (tertiary/aromatic N) is 1. The maximum atomic E-state index is 12.2. The van der Waals surface area contributed by atoms with Crippen molar-refractivity contribution in [3.05, 3.63) is 12.2 Å². The van der Waals surface area contributed by atoms with Gasteiger partial charge in [0.05, 0.1) is 27.7 Å². The summed E-state index contributed by atoms with van der Waals surface area (Å²) < 4.78 is 12.7. The molecule has 0 N–H and O–H groups in total. The molecule has 0 heterocycles. The Morgan fingerprint density at radius 2 is 1.02 bits per heavy atom. The fraction of sp³-hybridized carbons (Fsp3) is 0.919. The Hall–Kier alpha value is -0.870. The highest BCUT2D eigenvalue weighted by Gasteiger charge is 2.19. The topological polar surface area (TPSA) is 35.5 Å². The molecule has 1 atom stereocenters. The molecular formula is C37H74NO3+. The lowest BCUT2D eigenvalue weighted by Crippen LogP contribution is -2.43. The number of hydrogen-bond donors (Lipinski definition) is 0. The standard InChI is InChI=1S/C37H74NO3/c1-6-8-10-12-14-16-18-19-20-21-22-23-25-27-29-31-37(39)41-34-32-36(35-38(3,4)5)40-33-30-28-26-24-17-15-13-11-9-7-2/h18-19,36H,6-17,20-35H2,1-5H3/q+1/b19-18-. The van der Waals surface area contributed by atoms with Crippen LogP contribution < -0.4 is 0 Å². The third-order valence-corrected chi connectivity index (χ3v) is 7.95. The number of likely N-dealkylation sites (N-methyl/N-ethyl adjacent to an activating group) is 1. The average Bonchev–Trinajstić information content (AvgIpc) is 2.93. The molecule has 0 aliphatic heterocycles. The molecule has 0 rings (SSSR count). The number of carbonyl (C=O) groups is 1. The van der Waals surface area contributed by atoms with Crippen molar-refractivity contribution in [1.82, 2.24) is 0 Å². The van der Waals surface area contributed by atoms with Crippen molar-refractivity contribution >= 4 is 5.97 Å². The lowest BCUT2D eigenvalue weighted by molar-refractivity contribution is -0.873. The van der Waals surface area contributed by atoms with Gasteiger partial charge >= 0.3 is 5.97 Å². The Morgan fingerprint density at radius 1 is 0.585 bits per heavy atom. The molecule has 1 unspecified atom stereocenters. The van der Waals surface area contributed by atoms with Crippen LogP contribution in [0, 0.1) is 0 Å². The van der Waals surface area contributed by atoms with E-state index in [1.807, 2.05) is 0 Å². The Morgan fingerprint density at radius 3 is 1.51 bits per heavy atom. The zero-order chi connectivity index (χ0) is 30.3. The lowest BCUT2D eigenvalue weighted by Gasteiger charge is -2.29. The number of quaternary nitrogens is 1. The first-order valence-electron chi connectivity index (χ1n) is 18.1.